The van der Waals surface area contributed by atoms with Gasteiger partial charge < -0.3 is 4.57 Å². The third kappa shape index (κ3) is 1.80. The summed E-state index contributed by atoms with van der Waals surface area (Å²) in [6, 6.07) is 6.57. The molecular weight excluding hydrogens is 238 g/mol. The summed E-state index contributed by atoms with van der Waals surface area (Å²) in [5.74, 6) is 1.05. The molecule has 0 radical (unpaired) electrons. The molecule has 1 aliphatic heterocycles. The Labute approximate surface area is 102 Å². The van der Waals surface area contributed by atoms with E-state index in [9.17, 15) is 10.1 Å². The van der Waals surface area contributed by atoms with Gasteiger partial charge in [-0.3, -0.25) is 10.1 Å². The molecule has 1 aromatic carbocycles. The van der Waals surface area contributed by atoms with Gasteiger partial charge in [0.1, 0.15) is 0 Å². The van der Waals surface area contributed by atoms with Crippen molar-refractivity contribution in [2.75, 3.05) is 5.75 Å². The molecule has 6 heteroatoms. The zero-order valence-electron chi connectivity index (χ0n) is 8.87. The normalized spacial score (nSPS) is 13.6. The number of nitro groups is 1. The predicted octanol–water partition coefficient (Wildman–Crippen LogP) is 2.56. The van der Waals surface area contributed by atoms with Gasteiger partial charge in [0.05, 0.1) is 10.6 Å². The molecule has 2 aromatic rings. The summed E-state index contributed by atoms with van der Waals surface area (Å²) >= 11 is 1.71. The lowest BCUT2D eigenvalue weighted by Crippen LogP contribution is -1.90. The number of aromatic nitrogens is 2. The van der Waals surface area contributed by atoms with Crippen molar-refractivity contribution in [2.45, 2.75) is 11.7 Å². The predicted molar refractivity (Wildman–Crippen MR) is 65.0 cm³/mol. The Kier molecular flexibility index (Phi) is 2.36. The zero-order valence-corrected chi connectivity index (χ0v) is 9.68. The number of hydrogen-bond acceptors (Lipinski definition) is 4. The third-order valence-electron chi connectivity index (χ3n) is 2.66. The Morgan fingerprint density at radius 2 is 2.35 bits per heavy atom. The van der Waals surface area contributed by atoms with Crippen LogP contribution in [0.15, 0.2) is 35.6 Å². The maximum absolute atomic E-state index is 10.7. The lowest BCUT2D eigenvalue weighted by Gasteiger charge is -1.96. The van der Waals surface area contributed by atoms with E-state index >= 15 is 0 Å². The van der Waals surface area contributed by atoms with E-state index in [1.807, 2.05) is 12.3 Å². The van der Waals surface area contributed by atoms with E-state index in [2.05, 4.69) is 9.55 Å². The fourth-order valence-corrected chi connectivity index (χ4v) is 2.77. The van der Waals surface area contributed by atoms with Crippen molar-refractivity contribution >= 4 is 17.4 Å². The fraction of sp³-hybridized carbons (Fsp3) is 0.182. The number of thioether (sulfide) groups is 1. The molecule has 0 fully saturated rings. The van der Waals surface area contributed by atoms with Crippen LogP contribution in [-0.2, 0) is 6.54 Å². The molecule has 2 heterocycles. The van der Waals surface area contributed by atoms with Crippen LogP contribution in [0.1, 0.15) is 0 Å². The summed E-state index contributed by atoms with van der Waals surface area (Å²) in [6.45, 7) is 0.960. The van der Waals surface area contributed by atoms with Crippen LogP contribution < -0.4 is 0 Å². The molecule has 0 N–H and O–H groups in total. The Morgan fingerprint density at radius 3 is 3.12 bits per heavy atom. The number of rotatable bonds is 2. The van der Waals surface area contributed by atoms with Crippen molar-refractivity contribution in [3.63, 3.8) is 0 Å². The quantitative estimate of drug-likeness (QED) is 0.604. The highest BCUT2D eigenvalue weighted by Crippen LogP contribution is 2.30. The number of nitrogens with zero attached hydrogens (tertiary/aromatic N) is 3. The fourth-order valence-electron chi connectivity index (χ4n) is 1.83. The highest BCUT2D eigenvalue weighted by atomic mass is 32.2. The Balaban J connectivity index is 2.03. The smallest absolute Gasteiger partial charge is 0.270 e. The number of hydrogen-bond donors (Lipinski definition) is 0. The first-order valence-electron chi connectivity index (χ1n) is 5.19. The van der Waals surface area contributed by atoms with Gasteiger partial charge >= 0.3 is 0 Å². The van der Waals surface area contributed by atoms with Crippen LogP contribution in [0.4, 0.5) is 5.69 Å². The topological polar surface area (TPSA) is 61.0 Å². The van der Waals surface area contributed by atoms with Crippen LogP contribution >= 0.6 is 11.8 Å². The van der Waals surface area contributed by atoms with E-state index in [1.54, 1.807) is 23.9 Å². The molecule has 17 heavy (non-hydrogen) atoms. The summed E-state index contributed by atoms with van der Waals surface area (Å²) in [5, 5.41) is 11.7. The summed E-state index contributed by atoms with van der Waals surface area (Å²) < 4.78 is 2.08. The standard InChI is InChI=1S/C11H9N3O2S/c15-14(16)9-3-1-2-8(6-9)10-7-13-4-5-17-11(13)12-10/h1-3,6-7H,4-5H2. The van der Waals surface area contributed by atoms with Gasteiger partial charge in [-0.2, -0.15) is 0 Å². The van der Waals surface area contributed by atoms with Gasteiger partial charge in [-0.15, -0.1) is 0 Å². The lowest BCUT2D eigenvalue weighted by atomic mass is 10.1. The minimum Gasteiger partial charge on any atom is -0.325 e. The van der Waals surface area contributed by atoms with Gasteiger partial charge in [0.25, 0.3) is 5.69 Å². The first kappa shape index (κ1) is 10.3. The average Bonchev–Trinajstić information content (AvgIpc) is 2.89. The van der Waals surface area contributed by atoms with E-state index < -0.39 is 0 Å². The van der Waals surface area contributed by atoms with Crippen molar-refractivity contribution in [3.05, 3.63) is 40.6 Å². The Morgan fingerprint density at radius 1 is 1.47 bits per heavy atom. The van der Waals surface area contributed by atoms with Crippen molar-refractivity contribution < 1.29 is 4.92 Å². The minimum absolute atomic E-state index is 0.100. The number of non-ortho nitro benzene ring substituents is 1. The molecular formula is C11H9N3O2S. The largest absolute Gasteiger partial charge is 0.325 e. The van der Waals surface area contributed by atoms with Gasteiger partial charge in [0.15, 0.2) is 5.16 Å². The van der Waals surface area contributed by atoms with Gasteiger partial charge in [0.2, 0.25) is 0 Å². The molecule has 3 rings (SSSR count). The van der Waals surface area contributed by atoms with E-state index in [-0.39, 0.29) is 10.6 Å². The number of imidazole rings is 1. The van der Waals surface area contributed by atoms with Crippen molar-refractivity contribution in [3.8, 4) is 11.3 Å². The Hall–Kier alpha value is -1.82. The number of nitro benzene ring substituents is 1. The molecule has 0 spiro atoms. The monoisotopic (exact) mass is 247 g/mol. The van der Waals surface area contributed by atoms with Gasteiger partial charge in [-0.05, 0) is 0 Å². The summed E-state index contributed by atoms with van der Waals surface area (Å²) in [4.78, 5) is 14.8. The van der Waals surface area contributed by atoms with Gasteiger partial charge in [-0.1, -0.05) is 23.9 Å². The summed E-state index contributed by atoms with van der Waals surface area (Å²) in [6.07, 6.45) is 1.95. The molecule has 1 aromatic heterocycles. The Bertz CT molecular complexity index is 573. The summed E-state index contributed by atoms with van der Waals surface area (Å²) in [5.41, 5.74) is 1.70. The number of aryl methyl sites for hydroxylation is 1. The highest BCUT2D eigenvalue weighted by molar-refractivity contribution is 7.99. The highest BCUT2D eigenvalue weighted by Gasteiger charge is 2.16. The minimum atomic E-state index is -0.387. The maximum atomic E-state index is 10.7. The molecule has 0 bridgehead atoms. The molecule has 0 amide bonds. The maximum Gasteiger partial charge on any atom is 0.270 e. The van der Waals surface area contributed by atoms with E-state index in [0.717, 1.165) is 28.7 Å². The van der Waals surface area contributed by atoms with E-state index in [0.29, 0.717) is 0 Å². The van der Waals surface area contributed by atoms with Crippen LogP contribution in [-0.4, -0.2) is 20.2 Å². The van der Waals surface area contributed by atoms with E-state index in [4.69, 9.17) is 0 Å². The second kappa shape index (κ2) is 3.89. The number of fused-ring (bicyclic) bond motifs is 1. The number of benzene rings is 1. The van der Waals surface area contributed by atoms with Crippen molar-refractivity contribution in [2.24, 2.45) is 0 Å². The van der Waals surface area contributed by atoms with Crippen LogP contribution in [0.25, 0.3) is 11.3 Å². The van der Waals surface area contributed by atoms with Crippen molar-refractivity contribution in [1.29, 1.82) is 0 Å². The molecule has 5 nitrogen and oxygen atoms in total. The average molecular weight is 247 g/mol. The molecule has 0 unspecified atom stereocenters. The molecule has 0 saturated carbocycles. The molecule has 0 atom stereocenters. The lowest BCUT2D eigenvalue weighted by molar-refractivity contribution is -0.384. The second-order valence-electron chi connectivity index (χ2n) is 3.76. The van der Waals surface area contributed by atoms with Gasteiger partial charge in [-0.25, -0.2) is 4.98 Å². The van der Waals surface area contributed by atoms with Crippen LogP contribution in [0.5, 0.6) is 0 Å². The van der Waals surface area contributed by atoms with Crippen molar-refractivity contribution in [1.82, 2.24) is 9.55 Å². The first-order chi connectivity index (χ1) is 8.24. The van der Waals surface area contributed by atoms with E-state index in [1.165, 1.54) is 6.07 Å². The van der Waals surface area contributed by atoms with Crippen LogP contribution in [0.2, 0.25) is 0 Å². The second-order valence-corrected chi connectivity index (χ2v) is 4.82. The third-order valence-corrected chi connectivity index (χ3v) is 3.63. The van der Waals surface area contributed by atoms with Crippen LogP contribution in [0.3, 0.4) is 0 Å². The molecule has 86 valence electrons. The first-order valence-corrected chi connectivity index (χ1v) is 6.17. The molecule has 0 saturated heterocycles. The zero-order chi connectivity index (χ0) is 11.8. The van der Waals surface area contributed by atoms with Crippen LogP contribution in [0, 0.1) is 10.1 Å². The molecule has 0 aliphatic carbocycles. The SMILES string of the molecule is O=[N+]([O-])c1cccc(-c2cn3c(n2)SCC3)c1. The van der Waals surface area contributed by atoms with Gasteiger partial charge in [0, 0.05) is 36.2 Å². The molecule has 1 aliphatic rings. The summed E-state index contributed by atoms with van der Waals surface area (Å²) in [7, 11) is 0.